The second-order valence-electron chi connectivity index (χ2n) is 3.99. The molecule has 2 rings (SSSR count). The number of nitrogens with zero attached hydrogens (tertiary/aromatic N) is 1. The van der Waals surface area contributed by atoms with E-state index in [1.165, 1.54) is 23.1 Å². The van der Waals surface area contributed by atoms with Gasteiger partial charge in [0.15, 0.2) is 4.34 Å². The summed E-state index contributed by atoms with van der Waals surface area (Å²) in [5.41, 5.74) is 1.31. The van der Waals surface area contributed by atoms with Crippen molar-refractivity contribution in [2.45, 2.75) is 10.8 Å². The summed E-state index contributed by atoms with van der Waals surface area (Å²) in [5.74, 6) is -0.780. The van der Waals surface area contributed by atoms with E-state index in [0.717, 1.165) is 9.26 Å². The number of carboxylic acids is 1. The maximum atomic E-state index is 11.9. The molecule has 1 aromatic carbocycles. The summed E-state index contributed by atoms with van der Waals surface area (Å²) in [7, 11) is 0. The largest absolute Gasteiger partial charge is 0.481 e. The van der Waals surface area contributed by atoms with Crippen molar-refractivity contribution in [3.05, 3.63) is 38.9 Å². The lowest BCUT2D eigenvalue weighted by Crippen LogP contribution is -2.14. The fourth-order valence-electron chi connectivity index (χ4n) is 1.47. The van der Waals surface area contributed by atoms with E-state index in [2.05, 4.69) is 32.9 Å². The van der Waals surface area contributed by atoms with Crippen LogP contribution in [-0.2, 0) is 16.0 Å². The van der Waals surface area contributed by atoms with Crippen molar-refractivity contribution in [1.82, 2.24) is 4.98 Å². The predicted molar refractivity (Wildman–Crippen MR) is 92.0 cm³/mol. The molecule has 1 amide bonds. The van der Waals surface area contributed by atoms with Gasteiger partial charge in [-0.3, -0.25) is 9.59 Å². The number of anilines is 1. The van der Waals surface area contributed by atoms with Gasteiger partial charge in [-0.2, -0.15) is 0 Å². The Kier molecular flexibility index (Phi) is 6.00. The summed E-state index contributed by atoms with van der Waals surface area (Å²) >= 11 is 4.81. The molecular formula is C13H11IN2O3S2. The number of amides is 1. The molecule has 2 N–H and O–H groups in total. The number of benzene rings is 1. The Balaban J connectivity index is 1.85. The van der Waals surface area contributed by atoms with Gasteiger partial charge in [0, 0.05) is 8.95 Å². The standard InChI is InChI=1S/C13H11IN2O3S2/c14-9-3-1-2-4-10(9)16-11(17)7-21-13-15-8(6-20-13)5-12(18)19/h1-4,6H,5,7H2,(H,16,17)(H,18,19). The monoisotopic (exact) mass is 434 g/mol. The summed E-state index contributed by atoms with van der Waals surface area (Å²) in [4.78, 5) is 26.6. The Morgan fingerprint density at radius 2 is 2.14 bits per heavy atom. The third kappa shape index (κ3) is 5.29. The molecule has 0 bridgehead atoms. The van der Waals surface area contributed by atoms with Crippen molar-refractivity contribution < 1.29 is 14.7 Å². The summed E-state index contributed by atoms with van der Waals surface area (Å²) in [6.07, 6.45) is -0.0918. The Labute approximate surface area is 143 Å². The fraction of sp³-hybridized carbons (Fsp3) is 0.154. The highest BCUT2D eigenvalue weighted by Gasteiger charge is 2.10. The highest BCUT2D eigenvalue weighted by molar-refractivity contribution is 14.1. The van der Waals surface area contributed by atoms with Gasteiger partial charge in [-0.15, -0.1) is 11.3 Å². The van der Waals surface area contributed by atoms with E-state index in [-0.39, 0.29) is 18.1 Å². The zero-order valence-electron chi connectivity index (χ0n) is 10.7. The fourth-order valence-corrected chi connectivity index (χ4v) is 3.63. The van der Waals surface area contributed by atoms with E-state index in [9.17, 15) is 9.59 Å². The van der Waals surface area contributed by atoms with E-state index < -0.39 is 5.97 Å². The maximum absolute atomic E-state index is 11.9. The topological polar surface area (TPSA) is 79.3 Å². The van der Waals surface area contributed by atoms with E-state index in [0.29, 0.717) is 10.0 Å². The molecule has 0 saturated carbocycles. The van der Waals surface area contributed by atoms with E-state index in [1.54, 1.807) is 5.38 Å². The summed E-state index contributed by atoms with van der Waals surface area (Å²) < 4.78 is 1.68. The maximum Gasteiger partial charge on any atom is 0.309 e. The molecule has 0 spiro atoms. The lowest BCUT2D eigenvalue weighted by Gasteiger charge is -2.06. The van der Waals surface area contributed by atoms with Crippen LogP contribution < -0.4 is 5.32 Å². The van der Waals surface area contributed by atoms with Crippen LogP contribution in [0.2, 0.25) is 0 Å². The average Bonchev–Trinajstić information content (AvgIpc) is 2.86. The van der Waals surface area contributed by atoms with Crippen LogP contribution in [0.4, 0.5) is 5.69 Å². The lowest BCUT2D eigenvalue weighted by molar-refractivity contribution is -0.136. The first-order valence-electron chi connectivity index (χ1n) is 5.88. The molecule has 1 aromatic heterocycles. The average molecular weight is 434 g/mol. The lowest BCUT2D eigenvalue weighted by atomic mass is 10.3. The minimum atomic E-state index is -0.909. The number of rotatable bonds is 6. The number of carbonyl (C=O) groups excluding carboxylic acids is 1. The van der Waals surface area contributed by atoms with Gasteiger partial charge >= 0.3 is 5.97 Å². The zero-order chi connectivity index (χ0) is 15.2. The molecule has 0 radical (unpaired) electrons. The second kappa shape index (κ2) is 7.76. The molecule has 0 aliphatic rings. The number of aliphatic carboxylic acids is 1. The zero-order valence-corrected chi connectivity index (χ0v) is 14.5. The molecule has 0 saturated heterocycles. The van der Waals surface area contributed by atoms with Gasteiger partial charge in [-0.1, -0.05) is 23.9 Å². The predicted octanol–water partition coefficient (Wildman–Crippen LogP) is 3.11. The molecule has 0 unspecified atom stereocenters. The third-order valence-electron chi connectivity index (χ3n) is 2.34. The molecule has 110 valence electrons. The first kappa shape index (κ1) is 16.2. The molecule has 0 fully saturated rings. The summed E-state index contributed by atoms with van der Waals surface area (Å²) in [6, 6.07) is 7.54. The van der Waals surface area contributed by atoms with Crippen LogP contribution in [0.1, 0.15) is 5.69 Å². The molecule has 8 heteroatoms. The number of carboxylic acid groups (broad SMARTS) is 1. The molecule has 1 heterocycles. The minimum Gasteiger partial charge on any atom is -0.481 e. The Morgan fingerprint density at radius 3 is 2.86 bits per heavy atom. The SMILES string of the molecule is O=C(O)Cc1csc(SCC(=O)Nc2ccccc2I)n1. The molecular weight excluding hydrogens is 423 g/mol. The number of thiazole rings is 1. The normalized spacial score (nSPS) is 10.3. The van der Waals surface area contributed by atoms with Crippen molar-refractivity contribution in [1.29, 1.82) is 0 Å². The van der Waals surface area contributed by atoms with Crippen LogP contribution in [0.5, 0.6) is 0 Å². The van der Waals surface area contributed by atoms with E-state index in [1.807, 2.05) is 24.3 Å². The quantitative estimate of drug-likeness (QED) is 0.540. The number of aromatic nitrogens is 1. The molecule has 0 aliphatic heterocycles. The molecule has 0 atom stereocenters. The summed E-state index contributed by atoms with van der Waals surface area (Å²) in [5, 5.41) is 13.2. The van der Waals surface area contributed by atoms with Gasteiger partial charge in [-0.25, -0.2) is 4.98 Å². The van der Waals surface area contributed by atoms with Crippen molar-refractivity contribution in [2.24, 2.45) is 0 Å². The van der Waals surface area contributed by atoms with Crippen molar-refractivity contribution in [3.8, 4) is 0 Å². The number of para-hydroxylation sites is 1. The Hall–Kier alpha value is -1.13. The number of hydrogen-bond donors (Lipinski definition) is 2. The smallest absolute Gasteiger partial charge is 0.309 e. The van der Waals surface area contributed by atoms with Crippen LogP contribution in [0.15, 0.2) is 34.0 Å². The van der Waals surface area contributed by atoms with Gasteiger partial charge in [0.2, 0.25) is 5.91 Å². The van der Waals surface area contributed by atoms with Crippen LogP contribution in [0.3, 0.4) is 0 Å². The summed E-state index contributed by atoms with van der Waals surface area (Å²) in [6.45, 7) is 0. The van der Waals surface area contributed by atoms with E-state index >= 15 is 0 Å². The van der Waals surface area contributed by atoms with Gasteiger partial charge in [0.05, 0.1) is 23.6 Å². The van der Waals surface area contributed by atoms with Crippen LogP contribution in [0.25, 0.3) is 0 Å². The third-order valence-corrected chi connectivity index (χ3v) is 5.35. The molecule has 2 aromatic rings. The highest BCUT2D eigenvalue weighted by Crippen LogP contribution is 2.23. The van der Waals surface area contributed by atoms with Crippen molar-refractivity contribution >= 4 is 63.3 Å². The number of halogens is 1. The minimum absolute atomic E-state index is 0.0918. The molecule has 21 heavy (non-hydrogen) atoms. The van der Waals surface area contributed by atoms with Gasteiger partial charge in [0.1, 0.15) is 0 Å². The van der Waals surface area contributed by atoms with Gasteiger partial charge < -0.3 is 10.4 Å². The molecule has 5 nitrogen and oxygen atoms in total. The number of nitrogens with one attached hydrogen (secondary N) is 1. The Morgan fingerprint density at radius 1 is 1.38 bits per heavy atom. The number of thioether (sulfide) groups is 1. The number of hydrogen-bond acceptors (Lipinski definition) is 5. The van der Waals surface area contributed by atoms with Gasteiger partial charge in [-0.05, 0) is 34.7 Å². The van der Waals surface area contributed by atoms with E-state index in [4.69, 9.17) is 5.11 Å². The van der Waals surface area contributed by atoms with Gasteiger partial charge in [0.25, 0.3) is 0 Å². The first-order chi connectivity index (χ1) is 10.0. The van der Waals surface area contributed by atoms with Crippen LogP contribution in [-0.4, -0.2) is 27.7 Å². The van der Waals surface area contributed by atoms with Crippen molar-refractivity contribution in [3.63, 3.8) is 0 Å². The second-order valence-corrected chi connectivity index (χ2v) is 7.23. The van der Waals surface area contributed by atoms with Crippen LogP contribution in [0, 0.1) is 3.57 Å². The van der Waals surface area contributed by atoms with Crippen molar-refractivity contribution in [2.75, 3.05) is 11.1 Å². The number of carbonyl (C=O) groups is 2. The Bertz CT molecular complexity index is 660. The highest BCUT2D eigenvalue weighted by atomic mass is 127. The van der Waals surface area contributed by atoms with Crippen LogP contribution >= 0.6 is 45.7 Å². The first-order valence-corrected chi connectivity index (χ1v) is 8.82. The molecule has 0 aliphatic carbocycles.